The third-order valence-electron chi connectivity index (χ3n) is 4.72. The lowest BCUT2D eigenvalue weighted by Crippen LogP contribution is -2.23. The van der Waals surface area contributed by atoms with Gasteiger partial charge in [0.1, 0.15) is 0 Å². The molecule has 0 aliphatic carbocycles. The molecule has 0 N–H and O–H groups in total. The summed E-state index contributed by atoms with van der Waals surface area (Å²) in [6.07, 6.45) is 1.88. The fraction of sp³-hybridized carbons (Fsp3) is 0.227. The zero-order valence-electron chi connectivity index (χ0n) is 16.7. The summed E-state index contributed by atoms with van der Waals surface area (Å²) < 4.78 is 12.6. The molecule has 0 atom stereocenters. The van der Waals surface area contributed by atoms with Crippen molar-refractivity contribution in [2.45, 2.75) is 19.8 Å². The summed E-state index contributed by atoms with van der Waals surface area (Å²) in [5.74, 6) is 2.16. The van der Waals surface area contributed by atoms with Crippen molar-refractivity contribution in [1.82, 2.24) is 14.6 Å². The van der Waals surface area contributed by atoms with E-state index in [9.17, 15) is 4.79 Å². The molecule has 0 unspecified atom stereocenters. The monoisotopic (exact) mass is 407 g/mol. The second-order valence-electron chi connectivity index (χ2n) is 6.94. The van der Waals surface area contributed by atoms with E-state index in [1.165, 1.54) is 21.4 Å². The lowest BCUT2D eigenvalue weighted by atomic mass is 10.0. The van der Waals surface area contributed by atoms with Gasteiger partial charge >= 0.3 is 0 Å². The van der Waals surface area contributed by atoms with Crippen molar-refractivity contribution in [2.75, 3.05) is 14.2 Å². The van der Waals surface area contributed by atoms with Crippen LogP contribution in [0.4, 0.5) is 0 Å². The molecule has 7 heteroatoms. The SMILES string of the molecule is COc1ccc(-c2nc3s/c(=C/c4ccc(C(C)C)cc4)c(=O)n3n2)cc1OC. The number of rotatable bonds is 5. The maximum absolute atomic E-state index is 12.8. The first-order valence-electron chi connectivity index (χ1n) is 9.24. The van der Waals surface area contributed by atoms with Gasteiger partial charge in [-0.2, -0.15) is 9.50 Å². The van der Waals surface area contributed by atoms with Crippen LogP contribution in [0.5, 0.6) is 11.5 Å². The Kier molecular flexibility index (Phi) is 5.07. The Labute approximate surface area is 172 Å². The number of benzene rings is 2. The van der Waals surface area contributed by atoms with Crippen LogP contribution in [-0.4, -0.2) is 28.8 Å². The van der Waals surface area contributed by atoms with Crippen molar-refractivity contribution in [2.24, 2.45) is 0 Å². The summed E-state index contributed by atoms with van der Waals surface area (Å²) in [4.78, 5) is 17.9. The van der Waals surface area contributed by atoms with Gasteiger partial charge in [-0.25, -0.2) is 0 Å². The largest absolute Gasteiger partial charge is 0.493 e. The van der Waals surface area contributed by atoms with Crippen LogP contribution in [0.15, 0.2) is 47.3 Å². The van der Waals surface area contributed by atoms with E-state index in [2.05, 4.69) is 36.1 Å². The molecule has 0 bridgehead atoms. The van der Waals surface area contributed by atoms with E-state index in [-0.39, 0.29) is 5.56 Å². The fourth-order valence-electron chi connectivity index (χ4n) is 3.06. The molecule has 0 radical (unpaired) electrons. The van der Waals surface area contributed by atoms with Crippen LogP contribution in [0.1, 0.15) is 30.9 Å². The maximum atomic E-state index is 12.8. The Hall–Kier alpha value is -3.19. The molecule has 0 amide bonds. The molecule has 29 heavy (non-hydrogen) atoms. The minimum atomic E-state index is -0.169. The molecule has 0 fully saturated rings. The van der Waals surface area contributed by atoms with Gasteiger partial charge in [-0.15, -0.1) is 5.10 Å². The highest BCUT2D eigenvalue weighted by Gasteiger charge is 2.14. The molecular formula is C22H21N3O3S. The molecule has 2 heterocycles. The van der Waals surface area contributed by atoms with Crippen LogP contribution in [0.2, 0.25) is 0 Å². The van der Waals surface area contributed by atoms with Crippen LogP contribution >= 0.6 is 11.3 Å². The maximum Gasteiger partial charge on any atom is 0.291 e. The van der Waals surface area contributed by atoms with E-state index in [1.54, 1.807) is 26.4 Å². The number of hydrogen-bond donors (Lipinski definition) is 0. The number of aromatic nitrogens is 3. The van der Waals surface area contributed by atoms with E-state index in [4.69, 9.17) is 9.47 Å². The quantitative estimate of drug-likeness (QED) is 0.507. The van der Waals surface area contributed by atoms with E-state index in [0.717, 1.165) is 11.1 Å². The number of nitrogens with zero attached hydrogens (tertiary/aromatic N) is 3. The molecule has 0 aliphatic heterocycles. The van der Waals surface area contributed by atoms with Gasteiger partial charge in [0.15, 0.2) is 17.3 Å². The predicted octanol–water partition coefficient (Wildman–Crippen LogP) is 3.51. The molecule has 6 nitrogen and oxygen atoms in total. The van der Waals surface area contributed by atoms with Gasteiger partial charge in [0, 0.05) is 5.56 Å². The number of hydrogen-bond acceptors (Lipinski definition) is 6. The third-order valence-corrected chi connectivity index (χ3v) is 5.68. The second kappa shape index (κ2) is 7.67. The standard InChI is InChI=1S/C22H21N3O3S/c1-13(2)15-7-5-14(6-8-15)11-19-21(26)25-22(29-19)23-20(24-25)16-9-10-17(27-3)18(12-16)28-4/h5-13H,1-4H3/b19-11+. The average Bonchev–Trinajstić information content (AvgIpc) is 3.27. The lowest BCUT2D eigenvalue weighted by molar-refractivity contribution is 0.355. The first-order valence-corrected chi connectivity index (χ1v) is 10.1. The van der Waals surface area contributed by atoms with Crippen molar-refractivity contribution < 1.29 is 9.47 Å². The van der Waals surface area contributed by atoms with Crippen molar-refractivity contribution in [3.63, 3.8) is 0 Å². The minimum absolute atomic E-state index is 0.169. The fourth-order valence-corrected chi connectivity index (χ4v) is 3.97. The molecule has 0 saturated carbocycles. The third kappa shape index (κ3) is 3.61. The molecule has 2 aromatic heterocycles. The number of thiazole rings is 1. The first kappa shape index (κ1) is 19.1. The van der Waals surface area contributed by atoms with Crippen molar-refractivity contribution in [1.29, 1.82) is 0 Å². The summed E-state index contributed by atoms with van der Waals surface area (Å²) in [7, 11) is 3.16. The van der Waals surface area contributed by atoms with Gasteiger partial charge in [0.2, 0.25) is 4.96 Å². The summed E-state index contributed by atoms with van der Waals surface area (Å²) >= 11 is 1.33. The van der Waals surface area contributed by atoms with E-state index >= 15 is 0 Å². The summed E-state index contributed by atoms with van der Waals surface area (Å²) in [5.41, 5.74) is 2.84. The van der Waals surface area contributed by atoms with E-state index in [1.807, 2.05) is 24.3 Å². The highest BCUT2D eigenvalue weighted by molar-refractivity contribution is 7.15. The second-order valence-corrected chi connectivity index (χ2v) is 7.95. The van der Waals surface area contributed by atoms with Gasteiger partial charge in [-0.05, 0) is 41.3 Å². The number of ether oxygens (including phenoxy) is 2. The van der Waals surface area contributed by atoms with E-state index in [0.29, 0.717) is 32.7 Å². The van der Waals surface area contributed by atoms with Crippen LogP contribution in [0, 0.1) is 0 Å². The zero-order chi connectivity index (χ0) is 20.5. The summed E-state index contributed by atoms with van der Waals surface area (Å²) in [6.45, 7) is 4.31. The topological polar surface area (TPSA) is 65.7 Å². The van der Waals surface area contributed by atoms with Gasteiger partial charge in [0.25, 0.3) is 5.56 Å². The van der Waals surface area contributed by atoms with Gasteiger partial charge < -0.3 is 9.47 Å². The highest BCUT2D eigenvalue weighted by Crippen LogP contribution is 2.31. The number of fused-ring (bicyclic) bond motifs is 1. The molecular weight excluding hydrogens is 386 g/mol. The Morgan fingerprint density at radius 3 is 2.38 bits per heavy atom. The van der Waals surface area contributed by atoms with Crippen LogP contribution in [-0.2, 0) is 0 Å². The predicted molar refractivity (Wildman–Crippen MR) is 115 cm³/mol. The Morgan fingerprint density at radius 1 is 1.03 bits per heavy atom. The molecule has 4 aromatic rings. The van der Waals surface area contributed by atoms with E-state index < -0.39 is 0 Å². The van der Waals surface area contributed by atoms with Crippen molar-refractivity contribution in [3.05, 3.63) is 68.5 Å². The molecule has 148 valence electrons. The van der Waals surface area contributed by atoms with Crippen LogP contribution in [0.25, 0.3) is 22.4 Å². The Bertz CT molecular complexity index is 1270. The summed E-state index contributed by atoms with van der Waals surface area (Å²) in [5, 5.41) is 4.40. The van der Waals surface area contributed by atoms with Gasteiger partial charge in [0.05, 0.1) is 18.8 Å². The minimum Gasteiger partial charge on any atom is -0.493 e. The summed E-state index contributed by atoms with van der Waals surface area (Å²) in [6, 6.07) is 13.7. The molecule has 4 rings (SSSR count). The van der Waals surface area contributed by atoms with Crippen molar-refractivity contribution in [3.8, 4) is 22.9 Å². The van der Waals surface area contributed by atoms with Crippen LogP contribution in [0.3, 0.4) is 0 Å². The van der Waals surface area contributed by atoms with Gasteiger partial charge in [-0.3, -0.25) is 4.79 Å². The lowest BCUT2D eigenvalue weighted by Gasteiger charge is -2.07. The Balaban J connectivity index is 1.72. The molecule has 0 saturated heterocycles. The Morgan fingerprint density at radius 2 is 1.76 bits per heavy atom. The molecule has 2 aromatic carbocycles. The normalized spacial score (nSPS) is 12.1. The van der Waals surface area contributed by atoms with Crippen molar-refractivity contribution >= 4 is 22.4 Å². The average molecular weight is 407 g/mol. The molecule has 0 spiro atoms. The zero-order valence-corrected chi connectivity index (χ0v) is 17.5. The highest BCUT2D eigenvalue weighted by atomic mass is 32.1. The number of methoxy groups -OCH3 is 2. The smallest absolute Gasteiger partial charge is 0.291 e. The molecule has 0 aliphatic rings. The van der Waals surface area contributed by atoms with Gasteiger partial charge in [-0.1, -0.05) is 49.4 Å². The van der Waals surface area contributed by atoms with Crippen LogP contribution < -0.4 is 19.6 Å². The first-order chi connectivity index (χ1) is 14.0.